The molecule has 1 aromatic rings. The Kier molecular flexibility index (Phi) is 5.44. The van der Waals surface area contributed by atoms with Gasteiger partial charge in [-0.15, -0.1) is 0 Å². The second kappa shape index (κ2) is 7.84. The molecule has 3 fully saturated rings. The van der Waals surface area contributed by atoms with Gasteiger partial charge in [-0.2, -0.15) is 0 Å². The fourth-order valence-corrected chi connectivity index (χ4v) is 8.43. The topological polar surface area (TPSA) is 97.2 Å². The van der Waals surface area contributed by atoms with Crippen molar-refractivity contribution in [2.75, 3.05) is 5.75 Å². The number of hydrogen-bond acceptors (Lipinski definition) is 7. The van der Waals surface area contributed by atoms with E-state index < -0.39 is 11.0 Å². The van der Waals surface area contributed by atoms with Crippen molar-refractivity contribution in [3.63, 3.8) is 0 Å². The van der Waals surface area contributed by atoms with Crippen LogP contribution in [0.25, 0.3) is 0 Å². The maximum Gasteiger partial charge on any atom is 0.188 e. The van der Waals surface area contributed by atoms with E-state index in [-0.39, 0.29) is 52.7 Å². The van der Waals surface area contributed by atoms with E-state index in [0.717, 1.165) is 37.0 Å². The third-order valence-electron chi connectivity index (χ3n) is 9.37. The molecule has 0 bridgehead atoms. The van der Waals surface area contributed by atoms with Gasteiger partial charge in [-0.05, 0) is 68.4 Å². The molecular weight excluding hydrogens is 436 g/mol. The van der Waals surface area contributed by atoms with Gasteiger partial charge in [0.15, 0.2) is 16.7 Å². The second-order valence-corrected chi connectivity index (χ2v) is 11.9. The largest absolute Gasteiger partial charge is 0.381 e. The first-order valence-corrected chi connectivity index (χ1v) is 13.0. The summed E-state index contributed by atoms with van der Waals surface area (Å²) < 4.78 is 0. The van der Waals surface area contributed by atoms with Crippen molar-refractivity contribution < 1.29 is 19.5 Å². The lowest BCUT2D eigenvalue weighted by Gasteiger charge is -2.57. The molecule has 5 rings (SSSR count). The molecule has 1 N–H and O–H groups in total. The minimum atomic E-state index is -1.51. The summed E-state index contributed by atoms with van der Waals surface area (Å²) in [6.07, 6.45) is 7.75. The first kappa shape index (κ1) is 22.9. The normalized spacial score (nSPS) is 40.0. The molecule has 33 heavy (non-hydrogen) atoms. The molecule has 0 spiro atoms. The van der Waals surface area contributed by atoms with Gasteiger partial charge in [0.2, 0.25) is 0 Å². The van der Waals surface area contributed by atoms with Gasteiger partial charge < -0.3 is 5.11 Å². The Labute approximate surface area is 199 Å². The Balaban J connectivity index is 1.40. The molecule has 6 atom stereocenters. The van der Waals surface area contributed by atoms with E-state index in [2.05, 4.69) is 16.9 Å². The minimum absolute atomic E-state index is 0.0945. The predicted molar refractivity (Wildman–Crippen MR) is 125 cm³/mol. The molecule has 4 aliphatic rings. The summed E-state index contributed by atoms with van der Waals surface area (Å²) in [5, 5.41) is 12.3. The van der Waals surface area contributed by atoms with Crippen molar-refractivity contribution in [1.29, 1.82) is 0 Å². The van der Waals surface area contributed by atoms with E-state index in [9.17, 15) is 19.5 Å². The van der Waals surface area contributed by atoms with Crippen LogP contribution >= 0.6 is 11.8 Å². The Hall–Kier alpha value is -1.86. The number of allylic oxidation sites excluding steroid dienone is 1. The number of aromatic nitrogens is 2. The van der Waals surface area contributed by atoms with Gasteiger partial charge in [-0.25, -0.2) is 9.97 Å². The van der Waals surface area contributed by atoms with Crippen molar-refractivity contribution in [1.82, 2.24) is 9.97 Å². The van der Waals surface area contributed by atoms with E-state index in [1.54, 1.807) is 18.3 Å². The Bertz CT molecular complexity index is 1070. The number of aryl methyl sites for hydroxylation is 1. The highest BCUT2D eigenvalue weighted by atomic mass is 32.2. The summed E-state index contributed by atoms with van der Waals surface area (Å²) >= 11 is 1.25. The Morgan fingerprint density at radius 1 is 1.21 bits per heavy atom. The first-order chi connectivity index (χ1) is 15.6. The van der Waals surface area contributed by atoms with Crippen LogP contribution in [-0.4, -0.2) is 43.8 Å². The summed E-state index contributed by atoms with van der Waals surface area (Å²) in [4.78, 5) is 47.7. The van der Waals surface area contributed by atoms with Gasteiger partial charge in [-0.1, -0.05) is 31.2 Å². The molecule has 6 nitrogen and oxygen atoms in total. The standard InChI is InChI=1S/C26H32N2O4S/c1-15-8-11-27-23(28-15)33-14-21(31)26(32)10-7-19-18-5-4-16-12-17(29)6-9-24(16,2)22(18)20(30)13-25(19,26)3/h8,11-12,18-19,22,32H,4-7,9-10,13-14H2,1-3H3/t18?,19?,22?,24?,25?,26-/m0/s1. The number of aliphatic hydroxyl groups is 1. The number of nitrogens with zero attached hydrogens (tertiary/aromatic N) is 2. The highest BCUT2D eigenvalue weighted by Crippen LogP contribution is 2.66. The van der Waals surface area contributed by atoms with Crippen molar-refractivity contribution in [3.05, 3.63) is 29.6 Å². The van der Waals surface area contributed by atoms with Crippen molar-refractivity contribution >= 4 is 29.1 Å². The lowest BCUT2D eigenvalue weighted by molar-refractivity contribution is -0.167. The summed E-state index contributed by atoms with van der Waals surface area (Å²) in [5.74, 6) is 0.369. The summed E-state index contributed by atoms with van der Waals surface area (Å²) in [7, 11) is 0. The number of Topliss-reactive ketones (excluding diaryl/α,β-unsaturated/α-hetero) is 2. The van der Waals surface area contributed by atoms with Crippen molar-refractivity contribution in [3.8, 4) is 0 Å². The highest BCUT2D eigenvalue weighted by molar-refractivity contribution is 7.99. The number of carbonyl (C=O) groups is 3. The summed E-state index contributed by atoms with van der Waals surface area (Å²) in [6, 6.07) is 1.81. The van der Waals surface area contributed by atoms with Crippen LogP contribution in [0.1, 0.15) is 64.5 Å². The van der Waals surface area contributed by atoms with Gasteiger partial charge in [-0.3, -0.25) is 14.4 Å². The van der Waals surface area contributed by atoms with Crippen LogP contribution in [0.2, 0.25) is 0 Å². The molecule has 5 unspecified atom stereocenters. The molecule has 4 aliphatic carbocycles. The molecule has 3 saturated carbocycles. The zero-order valence-electron chi connectivity index (χ0n) is 19.6. The van der Waals surface area contributed by atoms with Gasteiger partial charge in [0.25, 0.3) is 0 Å². The fraction of sp³-hybridized carbons (Fsp3) is 0.654. The number of carbonyl (C=O) groups excluding carboxylic acids is 3. The average Bonchev–Trinajstić information content (AvgIpc) is 3.03. The van der Waals surface area contributed by atoms with Crippen LogP contribution < -0.4 is 0 Å². The van der Waals surface area contributed by atoms with Crippen molar-refractivity contribution in [2.24, 2.45) is 28.6 Å². The Morgan fingerprint density at radius 2 is 2.00 bits per heavy atom. The van der Waals surface area contributed by atoms with E-state index in [0.29, 0.717) is 18.0 Å². The van der Waals surface area contributed by atoms with Crippen LogP contribution in [0.4, 0.5) is 0 Å². The van der Waals surface area contributed by atoms with Crippen LogP contribution in [0.5, 0.6) is 0 Å². The monoisotopic (exact) mass is 468 g/mol. The predicted octanol–water partition coefficient (Wildman–Crippen LogP) is 3.89. The molecule has 0 saturated heterocycles. The third kappa shape index (κ3) is 3.37. The number of thioether (sulfide) groups is 1. The van der Waals surface area contributed by atoms with E-state index in [4.69, 9.17) is 0 Å². The minimum Gasteiger partial charge on any atom is -0.381 e. The van der Waals surface area contributed by atoms with E-state index in [1.165, 1.54) is 11.8 Å². The average molecular weight is 469 g/mol. The van der Waals surface area contributed by atoms with Gasteiger partial charge in [0.05, 0.1) is 5.75 Å². The van der Waals surface area contributed by atoms with Crippen LogP contribution in [-0.2, 0) is 14.4 Å². The van der Waals surface area contributed by atoms with Crippen LogP contribution in [0.15, 0.2) is 29.1 Å². The Morgan fingerprint density at radius 3 is 2.76 bits per heavy atom. The molecule has 1 aromatic heterocycles. The number of ketones is 3. The SMILES string of the molecule is Cc1ccnc(SCC(=O)[C@@]2(O)CCC3C4CCC5=CC(=O)CCC5(C)C4C(=O)CC32C)n1. The van der Waals surface area contributed by atoms with Crippen LogP contribution in [0, 0.1) is 35.5 Å². The molecule has 0 radical (unpaired) electrons. The molecular formula is C26H32N2O4S. The fourth-order valence-electron chi connectivity index (χ4n) is 7.59. The zero-order valence-corrected chi connectivity index (χ0v) is 20.4. The molecule has 7 heteroatoms. The zero-order chi connectivity index (χ0) is 23.6. The molecule has 1 heterocycles. The van der Waals surface area contributed by atoms with Gasteiger partial charge >= 0.3 is 0 Å². The molecule has 0 aromatic carbocycles. The molecule has 0 aliphatic heterocycles. The van der Waals surface area contributed by atoms with Gasteiger partial charge in [0, 0.05) is 36.1 Å². The third-order valence-corrected chi connectivity index (χ3v) is 10.2. The van der Waals surface area contributed by atoms with E-state index >= 15 is 0 Å². The first-order valence-electron chi connectivity index (χ1n) is 12.0. The smallest absolute Gasteiger partial charge is 0.188 e. The number of fused-ring (bicyclic) bond motifs is 5. The number of rotatable bonds is 4. The second-order valence-electron chi connectivity index (χ2n) is 11.0. The van der Waals surface area contributed by atoms with Crippen molar-refractivity contribution in [2.45, 2.75) is 76.5 Å². The summed E-state index contributed by atoms with van der Waals surface area (Å²) in [6.45, 7) is 6.00. The molecule has 176 valence electrons. The maximum atomic E-state index is 13.7. The lowest BCUT2D eigenvalue weighted by Crippen LogP contribution is -2.60. The van der Waals surface area contributed by atoms with Gasteiger partial charge in [0.1, 0.15) is 11.4 Å². The quantitative estimate of drug-likeness (QED) is 0.529. The number of hydrogen-bond donors (Lipinski definition) is 1. The molecule has 0 amide bonds. The highest BCUT2D eigenvalue weighted by Gasteiger charge is 2.68. The summed E-state index contributed by atoms with van der Waals surface area (Å²) in [5.41, 5.74) is -0.555. The maximum absolute atomic E-state index is 13.7. The van der Waals surface area contributed by atoms with E-state index in [1.807, 2.05) is 13.8 Å². The lowest BCUT2D eigenvalue weighted by atomic mass is 9.46. The van der Waals surface area contributed by atoms with Crippen LogP contribution in [0.3, 0.4) is 0 Å².